The molecule has 1 amide bonds. The van der Waals surface area contributed by atoms with Crippen LogP contribution in [0, 0.1) is 0 Å². The van der Waals surface area contributed by atoms with E-state index in [0.717, 1.165) is 30.6 Å². The maximum Gasteiger partial charge on any atom is 0.257 e. The van der Waals surface area contributed by atoms with Crippen LogP contribution in [0.3, 0.4) is 0 Å². The van der Waals surface area contributed by atoms with Gasteiger partial charge in [-0.1, -0.05) is 6.07 Å². The number of hydrogen-bond donors (Lipinski definition) is 2. The lowest BCUT2D eigenvalue weighted by molar-refractivity contribution is -0.124. The first-order valence-electron chi connectivity index (χ1n) is 7.40. The summed E-state index contributed by atoms with van der Waals surface area (Å²) in [5.74, 6) is 1.33. The largest absolute Gasteiger partial charge is 0.497 e. The number of fused-ring (bicyclic) bond motifs is 2. The molecule has 5 nitrogen and oxygen atoms in total. The van der Waals surface area contributed by atoms with Gasteiger partial charge in [-0.05, 0) is 56.4 Å². The molecule has 21 heavy (non-hydrogen) atoms. The quantitative estimate of drug-likeness (QED) is 0.870. The van der Waals surface area contributed by atoms with Gasteiger partial charge in [0.05, 0.1) is 7.11 Å². The van der Waals surface area contributed by atoms with Crippen LogP contribution in [0.15, 0.2) is 23.2 Å². The Labute approximate surface area is 124 Å². The van der Waals surface area contributed by atoms with Gasteiger partial charge in [-0.15, -0.1) is 0 Å². The van der Waals surface area contributed by atoms with E-state index >= 15 is 0 Å². The third kappa shape index (κ3) is 2.26. The molecule has 1 atom stereocenters. The molecule has 1 aromatic carbocycles. The number of methoxy groups -OCH3 is 1. The van der Waals surface area contributed by atoms with Crippen molar-refractivity contribution in [2.24, 2.45) is 4.99 Å². The second-order valence-corrected chi connectivity index (χ2v) is 5.93. The molecule has 0 radical (unpaired) electrons. The third-order valence-corrected chi connectivity index (χ3v) is 4.11. The summed E-state index contributed by atoms with van der Waals surface area (Å²) in [5, 5.41) is 6.21. The number of guanidine groups is 1. The molecule has 1 heterocycles. The lowest BCUT2D eigenvalue weighted by Gasteiger charge is -2.33. The minimum absolute atomic E-state index is 0.0175. The molecule has 1 aliphatic carbocycles. The van der Waals surface area contributed by atoms with Crippen molar-refractivity contribution in [3.8, 4) is 5.75 Å². The molecule has 3 rings (SSSR count). The van der Waals surface area contributed by atoms with Crippen LogP contribution in [0.5, 0.6) is 5.75 Å². The molecule has 0 aromatic heterocycles. The van der Waals surface area contributed by atoms with E-state index in [9.17, 15) is 4.79 Å². The summed E-state index contributed by atoms with van der Waals surface area (Å²) in [5.41, 5.74) is 1.52. The van der Waals surface area contributed by atoms with Crippen LogP contribution in [0.1, 0.15) is 37.8 Å². The summed E-state index contributed by atoms with van der Waals surface area (Å²) in [4.78, 5) is 17.0. The maximum atomic E-state index is 12.6. The van der Waals surface area contributed by atoms with Gasteiger partial charge in [0.25, 0.3) is 5.91 Å². The summed E-state index contributed by atoms with van der Waals surface area (Å²) < 4.78 is 5.32. The first kappa shape index (κ1) is 13.9. The van der Waals surface area contributed by atoms with E-state index in [1.165, 1.54) is 5.56 Å². The molecule has 0 bridgehead atoms. The Hall–Kier alpha value is -2.04. The van der Waals surface area contributed by atoms with E-state index in [2.05, 4.69) is 21.7 Å². The first-order chi connectivity index (χ1) is 10.0. The van der Waals surface area contributed by atoms with Gasteiger partial charge in [0, 0.05) is 6.04 Å². The number of amides is 1. The number of rotatable bonds is 2. The van der Waals surface area contributed by atoms with Gasteiger partial charge >= 0.3 is 0 Å². The van der Waals surface area contributed by atoms with E-state index < -0.39 is 5.54 Å². The number of aliphatic imine (C=N–C) groups is 1. The Bertz CT molecular complexity index is 610. The SMILES string of the molecule is COc1ccc2c(c1)C1(CCC2)NC(=NC(C)C)NC1=O. The summed E-state index contributed by atoms with van der Waals surface area (Å²) in [6.07, 6.45) is 2.75. The number of ether oxygens (including phenoxy) is 1. The summed E-state index contributed by atoms with van der Waals surface area (Å²) in [7, 11) is 1.64. The molecule has 112 valence electrons. The highest BCUT2D eigenvalue weighted by Crippen LogP contribution is 2.39. The molecular weight excluding hydrogens is 266 g/mol. The van der Waals surface area contributed by atoms with Gasteiger partial charge in [-0.3, -0.25) is 15.1 Å². The van der Waals surface area contributed by atoms with Crippen LogP contribution in [-0.4, -0.2) is 25.0 Å². The smallest absolute Gasteiger partial charge is 0.257 e. The highest BCUT2D eigenvalue weighted by atomic mass is 16.5. The Morgan fingerprint density at radius 1 is 1.38 bits per heavy atom. The molecule has 1 aromatic rings. The number of carbonyl (C=O) groups excluding carboxylic acids is 1. The van der Waals surface area contributed by atoms with Gasteiger partial charge < -0.3 is 10.1 Å². The number of hydrogen-bond acceptors (Lipinski definition) is 3. The van der Waals surface area contributed by atoms with Crippen molar-refractivity contribution in [1.29, 1.82) is 0 Å². The summed E-state index contributed by atoms with van der Waals surface area (Å²) >= 11 is 0. The van der Waals surface area contributed by atoms with Crippen LogP contribution in [0.25, 0.3) is 0 Å². The molecule has 1 unspecified atom stereocenters. The van der Waals surface area contributed by atoms with E-state index in [1.54, 1.807) is 7.11 Å². The average molecular weight is 287 g/mol. The van der Waals surface area contributed by atoms with Crippen molar-refractivity contribution < 1.29 is 9.53 Å². The third-order valence-electron chi connectivity index (χ3n) is 4.11. The Balaban J connectivity index is 2.06. The zero-order valence-corrected chi connectivity index (χ0v) is 12.7. The van der Waals surface area contributed by atoms with Crippen LogP contribution in [0.4, 0.5) is 0 Å². The van der Waals surface area contributed by atoms with Crippen LogP contribution >= 0.6 is 0 Å². The fourth-order valence-electron chi connectivity index (χ4n) is 3.17. The predicted molar refractivity (Wildman–Crippen MR) is 81.5 cm³/mol. The van der Waals surface area contributed by atoms with Crippen LogP contribution in [-0.2, 0) is 16.8 Å². The van der Waals surface area contributed by atoms with E-state index in [4.69, 9.17) is 4.74 Å². The van der Waals surface area contributed by atoms with Gasteiger partial charge in [0.15, 0.2) is 5.96 Å². The highest BCUT2D eigenvalue weighted by Gasteiger charge is 2.49. The van der Waals surface area contributed by atoms with Crippen molar-refractivity contribution in [3.05, 3.63) is 29.3 Å². The molecule has 1 spiro atoms. The lowest BCUT2D eigenvalue weighted by atomic mass is 9.76. The second-order valence-electron chi connectivity index (χ2n) is 5.93. The van der Waals surface area contributed by atoms with E-state index in [0.29, 0.717) is 5.96 Å². The standard InChI is InChI=1S/C16H21N3O2/c1-10(2)17-15-18-14(20)16(19-15)8-4-5-11-6-7-12(21-3)9-13(11)16/h6-7,9-10H,4-5,8H2,1-3H3,(H2,17,18,19,20). The number of nitrogens with zero attached hydrogens (tertiary/aromatic N) is 1. The average Bonchev–Trinajstić information content (AvgIpc) is 2.75. The molecule has 1 saturated heterocycles. The van der Waals surface area contributed by atoms with Gasteiger partial charge in [0.1, 0.15) is 11.3 Å². The van der Waals surface area contributed by atoms with Crippen molar-refractivity contribution >= 4 is 11.9 Å². The van der Waals surface area contributed by atoms with Gasteiger partial charge in [-0.2, -0.15) is 0 Å². The minimum Gasteiger partial charge on any atom is -0.497 e. The Morgan fingerprint density at radius 3 is 2.90 bits per heavy atom. The molecule has 1 fully saturated rings. The fraction of sp³-hybridized carbons (Fsp3) is 0.500. The topological polar surface area (TPSA) is 62.7 Å². The maximum absolute atomic E-state index is 12.6. The van der Waals surface area contributed by atoms with Gasteiger partial charge in [-0.25, -0.2) is 0 Å². The normalized spacial score (nSPS) is 25.9. The zero-order chi connectivity index (χ0) is 15.0. The zero-order valence-electron chi connectivity index (χ0n) is 12.7. The summed E-state index contributed by atoms with van der Waals surface area (Å²) in [6.45, 7) is 3.98. The van der Waals surface area contributed by atoms with Crippen molar-refractivity contribution in [2.75, 3.05) is 7.11 Å². The minimum atomic E-state index is -0.699. The van der Waals surface area contributed by atoms with Crippen LogP contribution in [0.2, 0.25) is 0 Å². The van der Waals surface area contributed by atoms with E-state index in [-0.39, 0.29) is 11.9 Å². The van der Waals surface area contributed by atoms with Crippen molar-refractivity contribution in [1.82, 2.24) is 10.6 Å². The highest BCUT2D eigenvalue weighted by molar-refractivity contribution is 6.09. The Morgan fingerprint density at radius 2 is 2.19 bits per heavy atom. The molecule has 1 aliphatic heterocycles. The predicted octanol–water partition coefficient (Wildman–Crippen LogP) is 1.71. The number of aryl methyl sites for hydroxylation is 1. The summed E-state index contributed by atoms with van der Waals surface area (Å²) in [6, 6.07) is 6.12. The number of benzene rings is 1. The molecule has 2 aliphatic rings. The molecule has 5 heteroatoms. The first-order valence-corrected chi connectivity index (χ1v) is 7.40. The number of nitrogens with one attached hydrogen (secondary N) is 2. The monoisotopic (exact) mass is 287 g/mol. The molecular formula is C16H21N3O2. The second kappa shape index (κ2) is 5.06. The molecule has 0 saturated carbocycles. The Kier molecular flexibility index (Phi) is 3.35. The van der Waals surface area contributed by atoms with E-state index in [1.807, 2.05) is 26.0 Å². The fourth-order valence-corrected chi connectivity index (χ4v) is 3.17. The lowest BCUT2D eigenvalue weighted by Crippen LogP contribution is -2.46. The van der Waals surface area contributed by atoms with Gasteiger partial charge in [0.2, 0.25) is 0 Å². The van der Waals surface area contributed by atoms with Crippen molar-refractivity contribution in [2.45, 2.75) is 44.7 Å². The number of carbonyl (C=O) groups is 1. The van der Waals surface area contributed by atoms with Crippen LogP contribution < -0.4 is 15.4 Å². The van der Waals surface area contributed by atoms with Crippen molar-refractivity contribution in [3.63, 3.8) is 0 Å². The molecule has 2 N–H and O–H groups in total.